The molecule has 2 aromatic heterocycles. The van der Waals surface area contributed by atoms with Crippen LogP contribution < -0.4 is 15.2 Å². The molecule has 0 unspecified atom stereocenters. The Morgan fingerprint density at radius 3 is 2.62 bits per heavy atom. The number of methoxy groups -OCH3 is 1. The van der Waals surface area contributed by atoms with Gasteiger partial charge in [-0.3, -0.25) is 4.98 Å². The number of benzene rings is 1. The van der Waals surface area contributed by atoms with Gasteiger partial charge in [-0.2, -0.15) is 0 Å². The fourth-order valence-electron chi connectivity index (χ4n) is 2.23. The highest BCUT2D eigenvalue weighted by molar-refractivity contribution is 7.98. The van der Waals surface area contributed by atoms with Gasteiger partial charge in [-0.25, -0.2) is 4.98 Å². The van der Waals surface area contributed by atoms with Gasteiger partial charge in [0.1, 0.15) is 17.9 Å². The lowest BCUT2D eigenvalue weighted by molar-refractivity contribution is 0.309. The molecule has 2 N–H and O–H groups in total. The highest BCUT2D eigenvalue weighted by Gasteiger charge is 2.09. The Balaban J connectivity index is 0.00000100. The van der Waals surface area contributed by atoms with E-state index >= 15 is 0 Å². The highest BCUT2D eigenvalue weighted by Crippen LogP contribution is 2.29. The fraction of sp³-hybridized carbons (Fsp3) is 0.222. The Kier molecular flexibility index (Phi) is 6.84. The van der Waals surface area contributed by atoms with Crippen LogP contribution in [-0.4, -0.2) is 30.4 Å². The van der Waals surface area contributed by atoms with E-state index in [9.17, 15) is 0 Å². The molecule has 0 bridgehead atoms. The van der Waals surface area contributed by atoms with Crippen LogP contribution in [0.2, 0.25) is 0 Å². The standard InChI is InChI=1S/C17H16N2O2S.CH5N/c1-20-17-16-14(6-8-19-17)15(7-9-18-16)21-11-12-4-3-5-13(10-12)22-2;1-2/h3-10H,11H2,1-2H3;2H2,1H3. The average molecular weight is 343 g/mol. The molecule has 3 aromatic rings. The third-order valence-electron chi connectivity index (χ3n) is 3.31. The van der Waals surface area contributed by atoms with E-state index < -0.39 is 0 Å². The fourth-order valence-corrected chi connectivity index (χ4v) is 2.71. The van der Waals surface area contributed by atoms with E-state index in [2.05, 4.69) is 40.2 Å². The summed E-state index contributed by atoms with van der Waals surface area (Å²) < 4.78 is 11.2. The van der Waals surface area contributed by atoms with Crippen molar-refractivity contribution in [3.63, 3.8) is 0 Å². The van der Waals surface area contributed by atoms with E-state index in [1.165, 1.54) is 11.9 Å². The number of hydrogen-bond acceptors (Lipinski definition) is 6. The summed E-state index contributed by atoms with van der Waals surface area (Å²) in [5, 5.41) is 0.898. The van der Waals surface area contributed by atoms with E-state index in [0.717, 1.165) is 16.7 Å². The largest absolute Gasteiger partial charge is 0.488 e. The lowest BCUT2D eigenvalue weighted by Crippen LogP contribution is -1.98. The highest BCUT2D eigenvalue weighted by atomic mass is 32.2. The molecule has 0 aliphatic carbocycles. The normalized spacial score (nSPS) is 10.0. The first-order valence-electron chi connectivity index (χ1n) is 7.43. The molecule has 0 saturated carbocycles. The molecule has 6 heteroatoms. The maximum Gasteiger partial charge on any atom is 0.240 e. The second-order valence-corrected chi connectivity index (χ2v) is 5.55. The Morgan fingerprint density at radius 2 is 1.88 bits per heavy atom. The molecule has 126 valence electrons. The molecule has 0 spiro atoms. The van der Waals surface area contributed by atoms with Crippen LogP contribution in [0.25, 0.3) is 10.9 Å². The lowest BCUT2D eigenvalue weighted by Gasteiger charge is -2.10. The quantitative estimate of drug-likeness (QED) is 0.715. The zero-order valence-electron chi connectivity index (χ0n) is 14.0. The van der Waals surface area contributed by atoms with Crippen molar-refractivity contribution in [2.45, 2.75) is 11.5 Å². The SMILES string of the molecule is CN.COc1nccc2c(OCc3cccc(SC)c3)ccnc12. The number of nitrogens with zero attached hydrogens (tertiary/aromatic N) is 2. The minimum atomic E-state index is 0.507. The number of nitrogens with two attached hydrogens (primary N) is 1. The Labute approximate surface area is 146 Å². The zero-order chi connectivity index (χ0) is 17.4. The van der Waals surface area contributed by atoms with Crippen LogP contribution in [0.5, 0.6) is 11.6 Å². The number of aromatic nitrogens is 2. The summed E-state index contributed by atoms with van der Waals surface area (Å²) in [5.41, 5.74) is 6.35. The van der Waals surface area contributed by atoms with Crippen molar-refractivity contribution in [2.24, 2.45) is 5.73 Å². The van der Waals surface area contributed by atoms with Crippen LogP contribution in [0.4, 0.5) is 0 Å². The number of rotatable bonds is 5. The van der Waals surface area contributed by atoms with Crippen LogP contribution in [0.3, 0.4) is 0 Å². The van der Waals surface area contributed by atoms with Crippen molar-refractivity contribution in [1.82, 2.24) is 9.97 Å². The summed E-state index contributed by atoms with van der Waals surface area (Å²) in [5.74, 6) is 1.28. The smallest absolute Gasteiger partial charge is 0.240 e. The molecule has 3 rings (SSSR count). The Morgan fingerprint density at radius 1 is 1.08 bits per heavy atom. The second kappa shape index (κ2) is 9.10. The number of fused-ring (bicyclic) bond motifs is 1. The van der Waals surface area contributed by atoms with Gasteiger partial charge in [-0.1, -0.05) is 12.1 Å². The van der Waals surface area contributed by atoms with Gasteiger partial charge in [-0.05, 0) is 43.1 Å². The summed E-state index contributed by atoms with van der Waals surface area (Å²) in [6.07, 6.45) is 5.47. The van der Waals surface area contributed by atoms with Crippen LogP contribution in [-0.2, 0) is 6.61 Å². The van der Waals surface area contributed by atoms with Gasteiger partial charge in [-0.15, -0.1) is 11.8 Å². The Bertz CT molecular complexity index is 796. The maximum absolute atomic E-state index is 5.97. The summed E-state index contributed by atoms with van der Waals surface area (Å²) >= 11 is 1.72. The molecule has 1 aromatic carbocycles. The van der Waals surface area contributed by atoms with Gasteiger partial charge in [0.25, 0.3) is 0 Å². The van der Waals surface area contributed by atoms with Crippen LogP contribution in [0.1, 0.15) is 5.56 Å². The predicted octanol–water partition coefficient (Wildman–Crippen LogP) is 3.51. The monoisotopic (exact) mass is 343 g/mol. The molecule has 24 heavy (non-hydrogen) atoms. The first-order chi connectivity index (χ1) is 11.8. The van der Waals surface area contributed by atoms with Crippen molar-refractivity contribution in [3.8, 4) is 11.6 Å². The third kappa shape index (κ3) is 4.15. The van der Waals surface area contributed by atoms with Crippen LogP contribution >= 0.6 is 11.8 Å². The molecule has 0 aliphatic heterocycles. The molecule has 0 amide bonds. The van der Waals surface area contributed by atoms with Crippen molar-refractivity contribution >= 4 is 22.7 Å². The molecule has 2 heterocycles. The number of thioether (sulfide) groups is 1. The van der Waals surface area contributed by atoms with Crippen molar-refractivity contribution in [2.75, 3.05) is 20.4 Å². The van der Waals surface area contributed by atoms with E-state index in [-0.39, 0.29) is 0 Å². The van der Waals surface area contributed by atoms with Gasteiger partial charge in [0, 0.05) is 22.7 Å². The minimum Gasteiger partial charge on any atom is -0.488 e. The van der Waals surface area contributed by atoms with E-state index in [0.29, 0.717) is 18.0 Å². The van der Waals surface area contributed by atoms with E-state index in [4.69, 9.17) is 9.47 Å². The molecule has 0 aliphatic rings. The number of pyridine rings is 2. The van der Waals surface area contributed by atoms with E-state index in [1.54, 1.807) is 31.3 Å². The summed E-state index contributed by atoms with van der Waals surface area (Å²) in [7, 11) is 3.09. The zero-order valence-corrected chi connectivity index (χ0v) is 14.8. The molecule has 0 atom stereocenters. The second-order valence-electron chi connectivity index (χ2n) is 4.67. The number of ether oxygens (including phenoxy) is 2. The van der Waals surface area contributed by atoms with Gasteiger partial charge >= 0.3 is 0 Å². The number of hydrogen-bond donors (Lipinski definition) is 1. The Hall–Kier alpha value is -2.31. The topological polar surface area (TPSA) is 70.3 Å². The average Bonchev–Trinajstić information content (AvgIpc) is 2.67. The first kappa shape index (κ1) is 18.0. The van der Waals surface area contributed by atoms with Gasteiger partial charge in [0.05, 0.1) is 7.11 Å². The van der Waals surface area contributed by atoms with Gasteiger partial charge < -0.3 is 15.2 Å². The van der Waals surface area contributed by atoms with Crippen molar-refractivity contribution in [3.05, 3.63) is 54.4 Å². The third-order valence-corrected chi connectivity index (χ3v) is 4.03. The molecule has 0 saturated heterocycles. The minimum absolute atomic E-state index is 0.507. The predicted molar refractivity (Wildman–Crippen MR) is 98.8 cm³/mol. The van der Waals surface area contributed by atoms with Gasteiger partial charge in [0.15, 0.2) is 0 Å². The summed E-state index contributed by atoms with van der Waals surface area (Å²) in [6.45, 7) is 0.512. The van der Waals surface area contributed by atoms with Crippen LogP contribution in [0.15, 0.2) is 53.7 Å². The van der Waals surface area contributed by atoms with Crippen LogP contribution in [0, 0.1) is 0 Å². The molecular weight excluding hydrogens is 322 g/mol. The summed E-state index contributed by atoms with van der Waals surface area (Å²) in [6, 6.07) is 12.1. The molecule has 5 nitrogen and oxygen atoms in total. The maximum atomic E-state index is 5.97. The van der Waals surface area contributed by atoms with Crippen molar-refractivity contribution in [1.29, 1.82) is 0 Å². The summed E-state index contributed by atoms with van der Waals surface area (Å²) in [4.78, 5) is 9.72. The molecular formula is C18H21N3O2S. The van der Waals surface area contributed by atoms with E-state index in [1.807, 2.05) is 18.2 Å². The molecule has 0 radical (unpaired) electrons. The van der Waals surface area contributed by atoms with Gasteiger partial charge in [0.2, 0.25) is 5.88 Å². The first-order valence-corrected chi connectivity index (χ1v) is 8.65. The van der Waals surface area contributed by atoms with Crippen molar-refractivity contribution < 1.29 is 9.47 Å². The molecule has 0 fully saturated rings. The lowest BCUT2D eigenvalue weighted by atomic mass is 10.2.